The highest BCUT2D eigenvalue weighted by Gasteiger charge is 2.41. The Morgan fingerprint density at radius 1 is 1.03 bits per heavy atom. The van der Waals surface area contributed by atoms with Gasteiger partial charge in [0.05, 0.1) is 17.4 Å². The molecular weight excluding hydrogens is 420 g/mol. The molecule has 1 aromatic carbocycles. The summed E-state index contributed by atoms with van der Waals surface area (Å²) in [5.41, 5.74) is 1.57. The minimum Gasteiger partial charge on any atom is -0.340 e. The standard InChI is InChI=1S/C21H30N4O5S/c1-14(2)16-5-7-17(8-6-16)25-20(27)18(22-21(25)28)13-19(26)23-9-11-24(12-10-23)31(29,30)15(3)4/h5-8,14-15,18H,9-13H2,1-4H3,(H,22,28)/t18-/m0/s1. The number of amides is 4. The number of urea groups is 1. The van der Waals surface area contributed by atoms with Gasteiger partial charge in [-0.1, -0.05) is 26.0 Å². The molecule has 0 unspecified atom stereocenters. The van der Waals surface area contributed by atoms with Crippen LogP contribution in [0.2, 0.25) is 0 Å². The minimum atomic E-state index is -3.36. The first-order valence-electron chi connectivity index (χ1n) is 10.5. The molecule has 2 aliphatic heterocycles. The highest BCUT2D eigenvalue weighted by Crippen LogP contribution is 2.24. The van der Waals surface area contributed by atoms with E-state index >= 15 is 0 Å². The van der Waals surface area contributed by atoms with Crippen molar-refractivity contribution in [2.75, 3.05) is 31.1 Å². The molecule has 0 saturated carbocycles. The maximum Gasteiger partial charge on any atom is 0.329 e. The molecule has 1 N–H and O–H groups in total. The van der Waals surface area contributed by atoms with E-state index in [0.29, 0.717) is 11.6 Å². The Labute approximate surface area is 183 Å². The predicted octanol–water partition coefficient (Wildman–Crippen LogP) is 1.51. The molecule has 0 radical (unpaired) electrons. The van der Waals surface area contributed by atoms with Crippen LogP contribution >= 0.6 is 0 Å². The number of carbonyl (C=O) groups excluding carboxylic acids is 3. The average Bonchev–Trinajstić information content (AvgIpc) is 3.00. The lowest BCUT2D eigenvalue weighted by molar-refractivity contribution is -0.134. The Morgan fingerprint density at radius 2 is 1.61 bits per heavy atom. The summed E-state index contributed by atoms with van der Waals surface area (Å²) in [5, 5.41) is 2.08. The van der Waals surface area contributed by atoms with E-state index in [-0.39, 0.29) is 38.5 Å². The number of nitrogens with zero attached hydrogens (tertiary/aromatic N) is 3. The van der Waals surface area contributed by atoms with Crippen LogP contribution in [0.3, 0.4) is 0 Å². The summed E-state index contributed by atoms with van der Waals surface area (Å²) in [6.45, 7) is 8.36. The van der Waals surface area contributed by atoms with Gasteiger partial charge in [0.2, 0.25) is 15.9 Å². The number of imide groups is 1. The quantitative estimate of drug-likeness (QED) is 0.661. The highest BCUT2D eigenvalue weighted by molar-refractivity contribution is 7.89. The van der Waals surface area contributed by atoms with E-state index in [4.69, 9.17) is 0 Å². The van der Waals surface area contributed by atoms with Crippen molar-refractivity contribution in [3.8, 4) is 0 Å². The largest absolute Gasteiger partial charge is 0.340 e. The monoisotopic (exact) mass is 450 g/mol. The molecule has 2 aliphatic rings. The molecule has 2 heterocycles. The highest BCUT2D eigenvalue weighted by atomic mass is 32.2. The SMILES string of the molecule is CC(C)c1ccc(N2C(=O)N[C@@H](CC(=O)N3CCN(S(=O)(=O)C(C)C)CC3)C2=O)cc1. The van der Waals surface area contributed by atoms with Crippen molar-refractivity contribution >= 4 is 33.6 Å². The zero-order chi connectivity index (χ0) is 22.9. The second-order valence-electron chi connectivity index (χ2n) is 8.50. The van der Waals surface area contributed by atoms with Gasteiger partial charge in [0, 0.05) is 26.2 Å². The van der Waals surface area contributed by atoms with Gasteiger partial charge in [0.1, 0.15) is 6.04 Å². The smallest absolute Gasteiger partial charge is 0.329 e. The van der Waals surface area contributed by atoms with Gasteiger partial charge >= 0.3 is 6.03 Å². The Kier molecular flexibility index (Phi) is 6.70. The first-order chi connectivity index (χ1) is 14.5. The van der Waals surface area contributed by atoms with E-state index in [1.54, 1.807) is 30.9 Å². The Bertz CT molecular complexity index is 950. The fourth-order valence-corrected chi connectivity index (χ4v) is 4.98. The van der Waals surface area contributed by atoms with Gasteiger partial charge in [0.25, 0.3) is 5.91 Å². The lowest BCUT2D eigenvalue weighted by Crippen LogP contribution is -2.52. The second kappa shape index (κ2) is 8.96. The predicted molar refractivity (Wildman–Crippen MR) is 117 cm³/mol. The number of carbonyl (C=O) groups is 3. The molecular formula is C21H30N4O5S. The van der Waals surface area contributed by atoms with Crippen LogP contribution in [-0.2, 0) is 19.6 Å². The number of benzene rings is 1. The molecule has 10 heteroatoms. The van der Waals surface area contributed by atoms with Crippen LogP contribution in [0.5, 0.6) is 0 Å². The van der Waals surface area contributed by atoms with Crippen LogP contribution in [0.25, 0.3) is 0 Å². The third-order valence-corrected chi connectivity index (χ3v) is 8.04. The van der Waals surface area contributed by atoms with Crippen LogP contribution in [-0.4, -0.2) is 72.9 Å². The van der Waals surface area contributed by atoms with E-state index in [2.05, 4.69) is 19.2 Å². The fraction of sp³-hybridized carbons (Fsp3) is 0.571. The summed E-state index contributed by atoms with van der Waals surface area (Å²) in [6, 6.07) is 5.74. The number of sulfonamides is 1. The first kappa shape index (κ1) is 23.2. The first-order valence-corrected chi connectivity index (χ1v) is 12.0. The molecule has 0 spiro atoms. The van der Waals surface area contributed by atoms with Gasteiger partial charge in [-0.15, -0.1) is 0 Å². The van der Waals surface area contributed by atoms with E-state index < -0.39 is 33.3 Å². The van der Waals surface area contributed by atoms with Crippen molar-refractivity contribution < 1.29 is 22.8 Å². The molecule has 170 valence electrons. The third-order valence-electron chi connectivity index (χ3n) is 5.76. The van der Waals surface area contributed by atoms with Crippen LogP contribution in [0.15, 0.2) is 24.3 Å². The number of nitrogens with one attached hydrogen (secondary N) is 1. The van der Waals surface area contributed by atoms with E-state index in [0.717, 1.165) is 10.5 Å². The lowest BCUT2D eigenvalue weighted by Gasteiger charge is -2.35. The Morgan fingerprint density at radius 3 is 2.13 bits per heavy atom. The second-order valence-corrected chi connectivity index (χ2v) is 11.0. The molecule has 4 amide bonds. The molecule has 0 aromatic heterocycles. The number of anilines is 1. The number of piperazine rings is 1. The zero-order valence-corrected chi connectivity index (χ0v) is 19.2. The number of hydrogen-bond acceptors (Lipinski definition) is 5. The third kappa shape index (κ3) is 4.74. The van der Waals surface area contributed by atoms with Gasteiger partial charge in [-0.3, -0.25) is 9.59 Å². The van der Waals surface area contributed by atoms with Crippen molar-refractivity contribution in [3.63, 3.8) is 0 Å². The minimum absolute atomic E-state index is 0.151. The molecule has 2 fully saturated rings. The van der Waals surface area contributed by atoms with Crippen LogP contribution in [0, 0.1) is 0 Å². The van der Waals surface area contributed by atoms with Gasteiger partial charge < -0.3 is 10.2 Å². The molecule has 0 aliphatic carbocycles. The number of rotatable bonds is 6. The van der Waals surface area contributed by atoms with Gasteiger partial charge in [0.15, 0.2) is 0 Å². The summed E-state index contributed by atoms with van der Waals surface area (Å²) < 4.78 is 25.9. The van der Waals surface area contributed by atoms with Gasteiger partial charge in [-0.25, -0.2) is 18.1 Å². The van der Waals surface area contributed by atoms with Crippen LogP contribution in [0.1, 0.15) is 45.6 Å². The normalized spacial score (nSPS) is 20.6. The molecule has 31 heavy (non-hydrogen) atoms. The van der Waals surface area contributed by atoms with Gasteiger partial charge in [-0.2, -0.15) is 4.31 Å². The Hall–Kier alpha value is -2.46. The van der Waals surface area contributed by atoms with Crippen molar-refractivity contribution in [1.82, 2.24) is 14.5 Å². The Balaban J connectivity index is 1.60. The molecule has 3 rings (SSSR count). The molecule has 9 nitrogen and oxygen atoms in total. The zero-order valence-electron chi connectivity index (χ0n) is 18.4. The van der Waals surface area contributed by atoms with Crippen molar-refractivity contribution in [1.29, 1.82) is 0 Å². The van der Waals surface area contributed by atoms with Gasteiger partial charge in [-0.05, 0) is 37.5 Å². The van der Waals surface area contributed by atoms with Crippen LogP contribution < -0.4 is 10.2 Å². The van der Waals surface area contributed by atoms with Crippen molar-refractivity contribution in [3.05, 3.63) is 29.8 Å². The van der Waals surface area contributed by atoms with E-state index in [9.17, 15) is 22.8 Å². The van der Waals surface area contributed by atoms with E-state index in [1.807, 2.05) is 12.1 Å². The summed E-state index contributed by atoms with van der Waals surface area (Å²) in [4.78, 5) is 40.5. The summed E-state index contributed by atoms with van der Waals surface area (Å²) in [5.74, 6) is -0.410. The van der Waals surface area contributed by atoms with Crippen molar-refractivity contribution in [2.45, 2.75) is 51.3 Å². The summed E-state index contributed by atoms with van der Waals surface area (Å²) in [7, 11) is -3.36. The van der Waals surface area contributed by atoms with Crippen LogP contribution in [0.4, 0.5) is 10.5 Å². The summed E-state index contributed by atoms with van der Waals surface area (Å²) in [6.07, 6.45) is -0.151. The van der Waals surface area contributed by atoms with E-state index in [1.165, 1.54) is 4.31 Å². The van der Waals surface area contributed by atoms with Crippen molar-refractivity contribution in [2.24, 2.45) is 0 Å². The topological polar surface area (TPSA) is 107 Å². The fourth-order valence-electron chi connectivity index (χ4n) is 3.72. The maximum atomic E-state index is 12.8. The lowest BCUT2D eigenvalue weighted by atomic mass is 10.0. The summed E-state index contributed by atoms with van der Waals surface area (Å²) >= 11 is 0. The molecule has 1 atom stereocenters. The molecule has 1 aromatic rings. The average molecular weight is 451 g/mol. The number of hydrogen-bond donors (Lipinski definition) is 1. The molecule has 2 saturated heterocycles. The molecule has 0 bridgehead atoms. The maximum absolute atomic E-state index is 12.8.